The lowest BCUT2D eigenvalue weighted by Crippen LogP contribution is -2.29. The van der Waals surface area contributed by atoms with Gasteiger partial charge in [0.05, 0.1) is 6.61 Å². The van der Waals surface area contributed by atoms with Crippen LogP contribution in [0.2, 0.25) is 0 Å². The third-order valence-electron chi connectivity index (χ3n) is 5.10. The second-order valence-electron chi connectivity index (χ2n) is 8.36. The number of allylic oxidation sites excluding steroid dienone is 3. The van der Waals surface area contributed by atoms with Crippen LogP contribution in [0.1, 0.15) is 103 Å². The Kier molecular flexibility index (Phi) is 21.1. The van der Waals surface area contributed by atoms with Crippen molar-refractivity contribution in [3.63, 3.8) is 0 Å². The lowest BCUT2D eigenvalue weighted by molar-refractivity contribution is -0.161. The molecule has 0 heterocycles. The first-order chi connectivity index (χ1) is 16.3. The molecule has 0 aromatic carbocycles. The van der Waals surface area contributed by atoms with Crippen molar-refractivity contribution in [1.82, 2.24) is 0 Å². The van der Waals surface area contributed by atoms with E-state index in [1.807, 2.05) is 6.08 Å². The quantitative estimate of drug-likeness (QED) is 0.0734. The van der Waals surface area contributed by atoms with Gasteiger partial charge in [0.2, 0.25) is 0 Å². The zero-order valence-electron chi connectivity index (χ0n) is 20.8. The SMILES string of the molecule is C=CCCCCCCCC(=O)OC[C@H](COP(=O)(O)O)OC(=O)CCCCCCC/C=C/CC. The molecule has 0 saturated carbocycles. The van der Waals surface area contributed by atoms with Gasteiger partial charge in [-0.3, -0.25) is 14.1 Å². The van der Waals surface area contributed by atoms with E-state index in [1.54, 1.807) is 0 Å². The number of unbranched alkanes of at least 4 members (excludes halogenated alkanes) is 10. The third-order valence-corrected chi connectivity index (χ3v) is 5.59. The molecule has 8 nitrogen and oxygen atoms in total. The highest BCUT2D eigenvalue weighted by atomic mass is 31.2. The van der Waals surface area contributed by atoms with E-state index in [4.69, 9.17) is 19.3 Å². The molecular weight excluding hydrogens is 459 g/mol. The fraction of sp³-hybridized carbons (Fsp3) is 0.760. The molecule has 0 bridgehead atoms. The van der Waals surface area contributed by atoms with E-state index in [2.05, 4.69) is 30.2 Å². The lowest BCUT2D eigenvalue weighted by atomic mass is 10.1. The number of phosphoric acid groups is 1. The molecule has 0 fully saturated rings. The predicted molar refractivity (Wildman–Crippen MR) is 133 cm³/mol. The normalized spacial score (nSPS) is 12.6. The summed E-state index contributed by atoms with van der Waals surface area (Å²) in [6.45, 7) is 4.95. The summed E-state index contributed by atoms with van der Waals surface area (Å²) in [7, 11) is -4.73. The Hall–Kier alpha value is -1.47. The molecule has 0 unspecified atom stereocenters. The van der Waals surface area contributed by atoms with E-state index in [-0.39, 0.29) is 19.4 Å². The maximum absolute atomic E-state index is 12.1. The smallest absolute Gasteiger partial charge is 0.462 e. The van der Waals surface area contributed by atoms with Gasteiger partial charge in [0.1, 0.15) is 6.61 Å². The first kappa shape index (κ1) is 32.5. The van der Waals surface area contributed by atoms with Gasteiger partial charge in [0, 0.05) is 12.8 Å². The Bertz CT molecular complexity index is 614. The van der Waals surface area contributed by atoms with E-state index < -0.39 is 32.5 Å². The molecule has 2 N–H and O–H groups in total. The van der Waals surface area contributed by atoms with Crippen molar-refractivity contribution in [2.75, 3.05) is 13.2 Å². The highest BCUT2D eigenvalue weighted by Gasteiger charge is 2.22. The summed E-state index contributed by atoms with van der Waals surface area (Å²) >= 11 is 0. The second kappa shape index (κ2) is 22.0. The largest absolute Gasteiger partial charge is 0.469 e. The number of hydrogen-bond donors (Lipinski definition) is 2. The van der Waals surface area contributed by atoms with Crippen LogP contribution < -0.4 is 0 Å². The van der Waals surface area contributed by atoms with Crippen molar-refractivity contribution in [3.8, 4) is 0 Å². The van der Waals surface area contributed by atoms with Crippen molar-refractivity contribution >= 4 is 19.8 Å². The molecule has 0 amide bonds. The van der Waals surface area contributed by atoms with Gasteiger partial charge < -0.3 is 19.3 Å². The van der Waals surface area contributed by atoms with Crippen molar-refractivity contribution < 1.29 is 37.9 Å². The van der Waals surface area contributed by atoms with Crippen LogP contribution in [0, 0.1) is 0 Å². The van der Waals surface area contributed by atoms with Crippen LogP contribution in [0.15, 0.2) is 24.8 Å². The molecule has 34 heavy (non-hydrogen) atoms. The van der Waals surface area contributed by atoms with Crippen LogP contribution in [0.25, 0.3) is 0 Å². The zero-order chi connectivity index (χ0) is 25.5. The van der Waals surface area contributed by atoms with E-state index >= 15 is 0 Å². The zero-order valence-corrected chi connectivity index (χ0v) is 21.7. The number of carbonyl (C=O) groups excluding carboxylic acids is 2. The van der Waals surface area contributed by atoms with Crippen LogP contribution in [-0.4, -0.2) is 41.0 Å². The van der Waals surface area contributed by atoms with Gasteiger partial charge >= 0.3 is 19.8 Å². The first-order valence-corrected chi connectivity index (χ1v) is 14.1. The highest BCUT2D eigenvalue weighted by Crippen LogP contribution is 2.35. The summed E-state index contributed by atoms with van der Waals surface area (Å²) in [6.07, 6.45) is 18.4. The van der Waals surface area contributed by atoms with Crippen molar-refractivity contribution in [3.05, 3.63) is 24.8 Å². The molecule has 0 aliphatic heterocycles. The van der Waals surface area contributed by atoms with Crippen LogP contribution in [0.4, 0.5) is 0 Å². The Morgan fingerprint density at radius 1 is 0.824 bits per heavy atom. The van der Waals surface area contributed by atoms with E-state index in [0.717, 1.165) is 70.6 Å². The maximum Gasteiger partial charge on any atom is 0.469 e. The molecule has 1 atom stereocenters. The average Bonchev–Trinajstić information content (AvgIpc) is 2.78. The highest BCUT2D eigenvalue weighted by molar-refractivity contribution is 7.46. The molecule has 0 aromatic heterocycles. The Morgan fingerprint density at radius 3 is 1.97 bits per heavy atom. The molecule has 0 rings (SSSR count). The topological polar surface area (TPSA) is 119 Å². The number of carbonyl (C=O) groups is 2. The summed E-state index contributed by atoms with van der Waals surface area (Å²) in [4.78, 5) is 41.9. The Labute approximate surface area is 205 Å². The average molecular weight is 505 g/mol. The number of ether oxygens (including phenoxy) is 2. The van der Waals surface area contributed by atoms with E-state index in [1.165, 1.54) is 0 Å². The molecule has 198 valence electrons. The molecule has 0 saturated heterocycles. The minimum atomic E-state index is -4.73. The summed E-state index contributed by atoms with van der Waals surface area (Å²) in [5.41, 5.74) is 0. The fourth-order valence-corrected chi connectivity index (χ4v) is 3.59. The Balaban J connectivity index is 4.17. The molecule has 0 aromatic rings. The second-order valence-corrected chi connectivity index (χ2v) is 9.60. The summed E-state index contributed by atoms with van der Waals surface area (Å²) < 4.78 is 25.8. The molecule has 0 aliphatic carbocycles. The number of hydrogen-bond acceptors (Lipinski definition) is 6. The van der Waals surface area contributed by atoms with Crippen LogP contribution in [0.5, 0.6) is 0 Å². The van der Waals surface area contributed by atoms with Gasteiger partial charge in [0.15, 0.2) is 6.10 Å². The van der Waals surface area contributed by atoms with Crippen molar-refractivity contribution in [1.29, 1.82) is 0 Å². The lowest BCUT2D eigenvalue weighted by Gasteiger charge is -2.18. The van der Waals surface area contributed by atoms with Crippen molar-refractivity contribution in [2.45, 2.75) is 109 Å². The van der Waals surface area contributed by atoms with E-state index in [0.29, 0.717) is 12.8 Å². The standard InChI is InChI=1S/C25H45O8P/c1-3-5-7-9-11-12-14-16-18-20-25(27)33-23(22-32-34(28,29)30)21-31-24(26)19-17-15-13-10-8-6-4-2/h4-5,7,23H,2-3,6,8-22H2,1H3,(H2,28,29,30)/b7-5+/t23-/m1/s1. The van der Waals surface area contributed by atoms with Gasteiger partial charge in [-0.2, -0.15) is 0 Å². The minimum Gasteiger partial charge on any atom is -0.462 e. The molecule has 9 heteroatoms. The summed E-state index contributed by atoms with van der Waals surface area (Å²) in [5.74, 6) is -0.933. The molecular formula is C25H45O8P. The third kappa shape index (κ3) is 23.7. The van der Waals surface area contributed by atoms with Gasteiger partial charge in [-0.05, 0) is 44.9 Å². The number of phosphoric ester groups is 1. The Morgan fingerprint density at radius 2 is 1.38 bits per heavy atom. The summed E-state index contributed by atoms with van der Waals surface area (Å²) in [6, 6.07) is 0. The van der Waals surface area contributed by atoms with Gasteiger partial charge in [0.25, 0.3) is 0 Å². The monoisotopic (exact) mass is 504 g/mol. The number of rotatable bonds is 23. The van der Waals surface area contributed by atoms with Gasteiger partial charge in [-0.15, -0.1) is 6.58 Å². The first-order valence-electron chi connectivity index (χ1n) is 12.6. The summed E-state index contributed by atoms with van der Waals surface area (Å²) in [5, 5.41) is 0. The molecule has 0 aliphatic rings. The van der Waals surface area contributed by atoms with Crippen LogP contribution >= 0.6 is 7.82 Å². The number of esters is 2. The maximum atomic E-state index is 12.1. The van der Waals surface area contributed by atoms with Crippen LogP contribution in [-0.2, 0) is 28.2 Å². The molecule has 0 spiro atoms. The van der Waals surface area contributed by atoms with Crippen LogP contribution in [0.3, 0.4) is 0 Å². The minimum absolute atomic E-state index is 0.196. The predicted octanol–water partition coefficient (Wildman–Crippen LogP) is 6.16. The van der Waals surface area contributed by atoms with E-state index in [9.17, 15) is 14.2 Å². The van der Waals surface area contributed by atoms with Gasteiger partial charge in [-0.25, -0.2) is 4.57 Å². The fourth-order valence-electron chi connectivity index (χ4n) is 3.23. The van der Waals surface area contributed by atoms with Crippen molar-refractivity contribution in [2.24, 2.45) is 0 Å². The van der Waals surface area contributed by atoms with Gasteiger partial charge in [-0.1, -0.05) is 63.7 Å². The molecule has 0 radical (unpaired) electrons.